The van der Waals surface area contributed by atoms with Crippen LogP contribution in [0.25, 0.3) is 0 Å². The zero-order valence-electron chi connectivity index (χ0n) is 10.1. The van der Waals surface area contributed by atoms with Crippen LogP contribution in [0.3, 0.4) is 0 Å². The summed E-state index contributed by atoms with van der Waals surface area (Å²) in [5.41, 5.74) is 1.06. The highest BCUT2D eigenvalue weighted by molar-refractivity contribution is 6.17. The van der Waals surface area contributed by atoms with Gasteiger partial charge in [-0.3, -0.25) is 14.2 Å². The Kier molecular flexibility index (Phi) is 3.71. The number of carboxylic acids is 1. The van der Waals surface area contributed by atoms with Crippen molar-refractivity contribution >= 4 is 17.6 Å². The minimum absolute atomic E-state index is 0.135. The van der Waals surface area contributed by atoms with E-state index in [1.54, 1.807) is 6.92 Å². The molecule has 1 unspecified atom stereocenters. The van der Waals surface area contributed by atoms with E-state index in [2.05, 4.69) is 4.98 Å². The minimum Gasteiger partial charge on any atom is -0.481 e. The number of alkyl halides is 1. The van der Waals surface area contributed by atoms with Crippen molar-refractivity contribution < 1.29 is 9.90 Å². The number of hydrogen-bond donors (Lipinski definition) is 1. The molecule has 98 valence electrons. The van der Waals surface area contributed by atoms with Crippen molar-refractivity contribution in [3.05, 3.63) is 27.4 Å². The summed E-state index contributed by atoms with van der Waals surface area (Å²) in [5, 5.41) is 9.16. The average molecular weight is 271 g/mol. The molecule has 0 radical (unpaired) electrons. The van der Waals surface area contributed by atoms with Gasteiger partial charge in [0.2, 0.25) is 0 Å². The number of aliphatic carboxylic acids is 1. The Morgan fingerprint density at radius 3 is 2.94 bits per heavy atom. The fraction of sp³-hybridized carbons (Fsp3) is 0.583. The maximum absolute atomic E-state index is 12.3. The third-order valence-corrected chi connectivity index (χ3v) is 3.52. The molecular weight excluding hydrogens is 256 g/mol. The third kappa shape index (κ3) is 2.14. The van der Waals surface area contributed by atoms with Gasteiger partial charge in [0.25, 0.3) is 5.56 Å². The predicted octanol–water partition coefficient (Wildman–Crippen LogP) is 1.30. The summed E-state index contributed by atoms with van der Waals surface area (Å²) in [5.74, 6) is -0.843. The summed E-state index contributed by atoms with van der Waals surface area (Å²) in [7, 11) is 0. The molecule has 0 bridgehead atoms. The quantitative estimate of drug-likeness (QED) is 0.840. The van der Waals surface area contributed by atoms with Crippen molar-refractivity contribution in [1.29, 1.82) is 0 Å². The van der Waals surface area contributed by atoms with Crippen LogP contribution in [0.4, 0.5) is 0 Å². The van der Waals surface area contributed by atoms with E-state index in [1.165, 1.54) is 4.57 Å². The Morgan fingerprint density at radius 1 is 1.61 bits per heavy atom. The fourth-order valence-electron chi connectivity index (χ4n) is 2.40. The highest BCUT2D eigenvalue weighted by Gasteiger charge is 2.29. The van der Waals surface area contributed by atoms with E-state index in [4.69, 9.17) is 16.7 Å². The van der Waals surface area contributed by atoms with Crippen molar-refractivity contribution in [2.24, 2.45) is 0 Å². The zero-order valence-corrected chi connectivity index (χ0v) is 10.9. The summed E-state index contributed by atoms with van der Waals surface area (Å²) in [6.45, 7) is 2.28. The van der Waals surface area contributed by atoms with Crippen LogP contribution in [0.15, 0.2) is 4.79 Å². The second kappa shape index (κ2) is 5.10. The van der Waals surface area contributed by atoms with Crippen LogP contribution < -0.4 is 5.56 Å². The van der Waals surface area contributed by atoms with Crippen molar-refractivity contribution in [2.75, 3.05) is 5.88 Å². The molecule has 1 aromatic heterocycles. The molecule has 5 nitrogen and oxygen atoms in total. The number of aromatic nitrogens is 2. The van der Waals surface area contributed by atoms with Gasteiger partial charge in [-0.05, 0) is 26.2 Å². The standard InChI is InChI=1S/C12H15ClN2O3/c1-7-8(4-5-13)11(16)15-6-2-3-9(12(17)18)10(15)14-7/h9H,2-6H2,1H3,(H,17,18). The molecule has 1 aliphatic heterocycles. The molecule has 1 N–H and O–H groups in total. The lowest BCUT2D eigenvalue weighted by molar-refractivity contribution is -0.139. The second-order valence-corrected chi connectivity index (χ2v) is 4.84. The first-order chi connectivity index (χ1) is 8.56. The van der Waals surface area contributed by atoms with Gasteiger partial charge >= 0.3 is 5.97 Å². The van der Waals surface area contributed by atoms with Crippen LogP contribution in [0.5, 0.6) is 0 Å². The Bertz CT molecular complexity index is 539. The minimum atomic E-state index is -0.917. The lowest BCUT2D eigenvalue weighted by Crippen LogP contribution is -2.35. The first-order valence-electron chi connectivity index (χ1n) is 5.95. The molecule has 2 heterocycles. The van der Waals surface area contributed by atoms with Gasteiger partial charge in [-0.25, -0.2) is 4.98 Å². The summed E-state index contributed by atoms with van der Waals surface area (Å²) in [6.07, 6.45) is 1.70. The maximum Gasteiger partial charge on any atom is 0.314 e. The van der Waals surface area contributed by atoms with Gasteiger partial charge in [-0.15, -0.1) is 11.6 Å². The molecule has 0 saturated heterocycles. The molecule has 0 spiro atoms. The Balaban J connectivity index is 2.59. The van der Waals surface area contributed by atoms with Gasteiger partial charge in [0.05, 0.1) is 0 Å². The molecule has 0 amide bonds. The Morgan fingerprint density at radius 2 is 2.33 bits per heavy atom. The van der Waals surface area contributed by atoms with Crippen LogP contribution in [0, 0.1) is 6.92 Å². The predicted molar refractivity (Wildman–Crippen MR) is 67.3 cm³/mol. The van der Waals surface area contributed by atoms with Crippen LogP contribution in [0.1, 0.15) is 35.8 Å². The van der Waals surface area contributed by atoms with Crippen molar-refractivity contribution in [3.63, 3.8) is 0 Å². The molecule has 0 aliphatic carbocycles. The van der Waals surface area contributed by atoms with E-state index in [0.717, 1.165) is 0 Å². The number of carboxylic acid groups (broad SMARTS) is 1. The number of aryl methyl sites for hydroxylation is 1. The summed E-state index contributed by atoms with van der Waals surface area (Å²) in [6, 6.07) is 0. The van der Waals surface area contributed by atoms with Crippen molar-refractivity contribution in [3.8, 4) is 0 Å². The number of carbonyl (C=O) groups is 1. The summed E-state index contributed by atoms with van der Waals surface area (Å²) >= 11 is 5.67. The lowest BCUT2D eigenvalue weighted by Gasteiger charge is -2.24. The molecule has 18 heavy (non-hydrogen) atoms. The van der Waals surface area contributed by atoms with Crippen LogP contribution in [0.2, 0.25) is 0 Å². The van der Waals surface area contributed by atoms with Gasteiger partial charge in [-0.2, -0.15) is 0 Å². The fourth-order valence-corrected chi connectivity index (χ4v) is 2.59. The van der Waals surface area contributed by atoms with E-state index in [-0.39, 0.29) is 5.56 Å². The Labute approximate surface area is 109 Å². The smallest absolute Gasteiger partial charge is 0.314 e. The SMILES string of the molecule is Cc1nc2n(c(=O)c1CCCl)CCCC2C(=O)O. The van der Waals surface area contributed by atoms with Crippen LogP contribution in [-0.4, -0.2) is 26.5 Å². The van der Waals surface area contributed by atoms with E-state index >= 15 is 0 Å². The first kappa shape index (κ1) is 13.1. The molecule has 0 aromatic carbocycles. The van der Waals surface area contributed by atoms with Gasteiger partial charge in [0.1, 0.15) is 11.7 Å². The topological polar surface area (TPSA) is 72.2 Å². The van der Waals surface area contributed by atoms with E-state index < -0.39 is 11.9 Å². The van der Waals surface area contributed by atoms with Crippen LogP contribution >= 0.6 is 11.6 Å². The second-order valence-electron chi connectivity index (χ2n) is 4.46. The number of fused-ring (bicyclic) bond motifs is 1. The molecule has 0 saturated carbocycles. The molecular formula is C12H15ClN2O3. The molecule has 1 aliphatic rings. The zero-order chi connectivity index (χ0) is 13.3. The van der Waals surface area contributed by atoms with E-state index in [9.17, 15) is 9.59 Å². The highest BCUT2D eigenvalue weighted by Crippen LogP contribution is 2.25. The maximum atomic E-state index is 12.3. The van der Waals surface area contributed by atoms with Gasteiger partial charge < -0.3 is 5.11 Å². The monoisotopic (exact) mass is 270 g/mol. The number of rotatable bonds is 3. The van der Waals surface area contributed by atoms with Gasteiger partial charge in [-0.1, -0.05) is 0 Å². The lowest BCUT2D eigenvalue weighted by atomic mass is 9.98. The first-order valence-corrected chi connectivity index (χ1v) is 6.48. The number of nitrogens with zero attached hydrogens (tertiary/aromatic N) is 2. The molecule has 6 heteroatoms. The number of halogens is 1. The van der Waals surface area contributed by atoms with Crippen LogP contribution in [-0.2, 0) is 17.8 Å². The largest absolute Gasteiger partial charge is 0.481 e. The van der Waals surface area contributed by atoms with Gasteiger partial charge in [0.15, 0.2) is 0 Å². The summed E-state index contributed by atoms with van der Waals surface area (Å²) < 4.78 is 1.50. The highest BCUT2D eigenvalue weighted by atomic mass is 35.5. The molecule has 0 fully saturated rings. The Hall–Kier alpha value is -1.36. The van der Waals surface area contributed by atoms with E-state index in [0.29, 0.717) is 48.8 Å². The molecule has 2 rings (SSSR count). The van der Waals surface area contributed by atoms with Gasteiger partial charge in [0, 0.05) is 23.7 Å². The third-order valence-electron chi connectivity index (χ3n) is 3.33. The van der Waals surface area contributed by atoms with Crippen molar-refractivity contribution in [1.82, 2.24) is 9.55 Å². The number of hydrogen-bond acceptors (Lipinski definition) is 3. The van der Waals surface area contributed by atoms with Crippen molar-refractivity contribution in [2.45, 2.75) is 38.6 Å². The normalized spacial score (nSPS) is 18.4. The molecule has 1 atom stereocenters. The summed E-state index contributed by atoms with van der Waals surface area (Å²) in [4.78, 5) is 27.8. The van der Waals surface area contributed by atoms with E-state index in [1.807, 2.05) is 0 Å². The average Bonchev–Trinajstić information content (AvgIpc) is 2.33. The molecule has 1 aromatic rings.